The number of benzene rings is 4. The highest BCUT2D eigenvalue weighted by Gasteiger charge is 2.25. The van der Waals surface area contributed by atoms with Crippen molar-refractivity contribution in [1.82, 2.24) is 0 Å². The molecule has 0 spiro atoms. The Hall–Kier alpha value is -4.15. The topological polar surface area (TPSA) is 70.4 Å². The molecule has 33 heavy (non-hydrogen) atoms. The summed E-state index contributed by atoms with van der Waals surface area (Å²) in [7, 11) is -3.97. The van der Waals surface area contributed by atoms with Crippen molar-refractivity contribution in [2.75, 3.05) is 4.31 Å². The Balaban J connectivity index is 1.68. The maximum absolute atomic E-state index is 13.5. The van der Waals surface area contributed by atoms with Gasteiger partial charge in [-0.15, -0.1) is 0 Å². The Morgan fingerprint density at radius 1 is 0.788 bits per heavy atom. The summed E-state index contributed by atoms with van der Waals surface area (Å²) in [6.07, 6.45) is 0. The number of anilines is 1. The normalized spacial score (nSPS) is 10.9. The zero-order chi connectivity index (χ0) is 23.3. The van der Waals surface area contributed by atoms with Crippen molar-refractivity contribution in [1.29, 1.82) is 5.26 Å². The van der Waals surface area contributed by atoms with Crippen LogP contribution in [0.4, 0.5) is 10.1 Å². The Kier molecular flexibility index (Phi) is 6.38. The third-order valence-corrected chi connectivity index (χ3v) is 6.70. The lowest BCUT2D eigenvalue weighted by molar-refractivity contribution is 0.482. The standard InChI is InChI=1S/C26H19FN2O3S/c27-22-10-6-21(7-11-22)19-29(33(30,31)26-16-8-20(18-28)9-17-26)23-12-14-25(15-13-23)32-24-4-2-1-3-5-24/h1-17H,19H2. The first-order valence-corrected chi connectivity index (χ1v) is 11.5. The second-order valence-electron chi connectivity index (χ2n) is 7.18. The molecule has 164 valence electrons. The summed E-state index contributed by atoms with van der Waals surface area (Å²) in [4.78, 5) is 0.0493. The molecule has 0 aliphatic heterocycles. The van der Waals surface area contributed by atoms with Crippen molar-refractivity contribution in [2.45, 2.75) is 11.4 Å². The Labute approximate surface area is 192 Å². The van der Waals surface area contributed by atoms with Crippen LogP contribution in [0, 0.1) is 17.1 Å². The van der Waals surface area contributed by atoms with Crippen molar-refractivity contribution in [3.63, 3.8) is 0 Å². The molecule has 0 N–H and O–H groups in total. The molecule has 0 atom stereocenters. The van der Waals surface area contributed by atoms with Gasteiger partial charge in [0.25, 0.3) is 10.0 Å². The van der Waals surface area contributed by atoms with Crippen LogP contribution in [0.15, 0.2) is 108 Å². The quantitative estimate of drug-likeness (QED) is 0.346. The van der Waals surface area contributed by atoms with Crippen LogP contribution in [0.25, 0.3) is 0 Å². The molecule has 5 nitrogen and oxygen atoms in total. The maximum atomic E-state index is 13.5. The van der Waals surface area contributed by atoms with Crippen LogP contribution >= 0.6 is 0 Å². The third kappa shape index (κ3) is 5.20. The fourth-order valence-electron chi connectivity index (χ4n) is 3.20. The molecule has 0 aromatic heterocycles. The lowest BCUT2D eigenvalue weighted by Gasteiger charge is -2.25. The number of sulfonamides is 1. The van der Waals surface area contributed by atoms with E-state index >= 15 is 0 Å². The number of hydrogen-bond acceptors (Lipinski definition) is 4. The molecule has 0 saturated carbocycles. The van der Waals surface area contributed by atoms with Crippen molar-refractivity contribution in [2.24, 2.45) is 0 Å². The van der Waals surface area contributed by atoms with E-state index in [9.17, 15) is 12.8 Å². The number of nitriles is 1. The molecule has 0 radical (unpaired) electrons. The van der Waals surface area contributed by atoms with Gasteiger partial charge in [0.15, 0.2) is 0 Å². The van der Waals surface area contributed by atoms with Gasteiger partial charge in [-0.25, -0.2) is 12.8 Å². The first kappa shape index (κ1) is 22.1. The number of para-hydroxylation sites is 1. The minimum Gasteiger partial charge on any atom is -0.457 e. The summed E-state index contributed by atoms with van der Waals surface area (Å²) in [6.45, 7) is 0.00149. The highest BCUT2D eigenvalue weighted by molar-refractivity contribution is 7.92. The number of rotatable bonds is 7. The van der Waals surface area contributed by atoms with E-state index in [0.717, 1.165) is 0 Å². The Bertz CT molecular complexity index is 1370. The fourth-order valence-corrected chi connectivity index (χ4v) is 4.66. The van der Waals surface area contributed by atoms with Crippen LogP contribution in [-0.4, -0.2) is 8.42 Å². The Morgan fingerprint density at radius 2 is 1.39 bits per heavy atom. The molecule has 0 fully saturated rings. The molecule has 0 amide bonds. The van der Waals surface area contributed by atoms with Crippen LogP contribution in [0.3, 0.4) is 0 Å². The van der Waals surface area contributed by atoms with Crippen LogP contribution in [0.5, 0.6) is 11.5 Å². The van der Waals surface area contributed by atoms with E-state index in [2.05, 4.69) is 0 Å². The van der Waals surface area contributed by atoms with Gasteiger partial charge in [0.05, 0.1) is 28.8 Å². The summed E-state index contributed by atoms with van der Waals surface area (Å²) in [5.41, 5.74) is 1.41. The van der Waals surface area contributed by atoms with Gasteiger partial charge in [-0.05, 0) is 78.4 Å². The second kappa shape index (κ2) is 9.55. The van der Waals surface area contributed by atoms with Crippen molar-refractivity contribution in [3.8, 4) is 17.6 Å². The predicted molar refractivity (Wildman–Crippen MR) is 124 cm³/mol. The number of hydrogen-bond donors (Lipinski definition) is 0. The van der Waals surface area contributed by atoms with Gasteiger partial charge in [0.2, 0.25) is 0 Å². The van der Waals surface area contributed by atoms with Crippen LogP contribution < -0.4 is 9.04 Å². The Morgan fingerprint density at radius 3 is 2.00 bits per heavy atom. The van der Waals surface area contributed by atoms with Gasteiger partial charge >= 0.3 is 0 Å². The van der Waals surface area contributed by atoms with Crippen molar-refractivity contribution >= 4 is 15.7 Å². The monoisotopic (exact) mass is 458 g/mol. The molecule has 4 aromatic rings. The van der Waals surface area contributed by atoms with Gasteiger partial charge in [-0.3, -0.25) is 4.31 Å². The zero-order valence-electron chi connectivity index (χ0n) is 17.4. The molecule has 0 heterocycles. The zero-order valence-corrected chi connectivity index (χ0v) is 18.2. The highest BCUT2D eigenvalue weighted by atomic mass is 32.2. The minimum absolute atomic E-state index is 0.00149. The summed E-state index contributed by atoms with van der Waals surface area (Å²) < 4.78 is 47.4. The van der Waals surface area contributed by atoms with Gasteiger partial charge in [0.1, 0.15) is 17.3 Å². The number of nitrogens with zero attached hydrogens (tertiary/aromatic N) is 2. The molecule has 0 aliphatic carbocycles. The number of halogens is 1. The molecule has 4 rings (SSSR count). The minimum atomic E-state index is -3.97. The second-order valence-corrected chi connectivity index (χ2v) is 9.05. The molecule has 7 heteroatoms. The smallest absolute Gasteiger partial charge is 0.264 e. The highest BCUT2D eigenvalue weighted by Crippen LogP contribution is 2.29. The van der Waals surface area contributed by atoms with E-state index in [1.165, 1.54) is 40.7 Å². The summed E-state index contributed by atoms with van der Waals surface area (Å²) >= 11 is 0. The summed E-state index contributed by atoms with van der Waals surface area (Å²) in [6, 6.07) is 29.3. The number of ether oxygens (including phenoxy) is 1. The molecule has 0 unspecified atom stereocenters. The largest absolute Gasteiger partial charge is 0.457 e. The van der Waals surface area contributed by atoms with Gasteiger partial charge < -0.3 is 4.74 Å². The van der Waals surface area contributed by atoms with E-state index in [1.807, 2.05) is 36.4 Å². The van der Waals surface area contributed by atoms with Crippen molar-refractivity contribution in [3.05, 3.63) is 120 Å². The van der Waals surface area contributed by atoms with Gasteiger partial charge in [-0.1, -0.05) is 30.3 Å². The van der Waals surface area contributed by atoms with Crippen LogP contribution in [0.2, 0.25) is 0 Å². The van der Waals surface area contributed by atoms with E-state index in [0.29, 0.717) is 28.3 Å². The van der Waals surface area contributed by atoms with E-state index in [1.54, 1.807) is 36.4 Å². The van der Waals surface area contributed by atoms with E-state index < -0.39 is 15.8 Å². The third-order valence-electron chi connectivity index (χ3n) is 4.91. The average molecular weight is 459 g/mol. The average Bonchev–Trinajstić information content (AvgIpc) is 2.85. The lowest BCUT2D eigenvalue weighted by atomic mass is 10.2. The molecular weight excluding hydrogens is 439 g/mol. The summed E-state index contributed by atoms with van der Waals surface area (Å²) in [5.74, 6) is 0.823. The molecule has 4 aromatic carbocycles. The van der Waals surface area contributed by atoms with E-state index in [4.69, 9.17) is 10.00 Å². The van der Waals surface area contributed by atoms with Crippen LogP contribution in [-0.2, 0) is 16.6 Å². The van der Waals surface area contributed by atoms with Gasteiger partial charge in [0, 0.05) is 0 Å². The fraction of sp³-hybridized carbons (Fsp3) is 0.0385. The maximum Gasteiger partial charge on any atom is 0.264 e. The first-order chi connectivity index (χ1) is 16.0. The lowest BCUT2D eigenvalue weighted by Crippen LogP contribution is -2.30. The van der Waals surface area contributed by atoms with Crippen LogP contribution in [0.1, 0.15) is 11.1 Å². The van der Waals surface area contributed by atoms with Gasteiger partial charge in [-0.2, -0.15) is 5.26 Å². The molecule has 0 aliphatic rings. The predicted octanol–water partition coefficient (Wildman–Crippen LogP) is 5.89. The first-order valence-electron chi connectivity index (χ1n) is 10.1. The SMILES string of the molecule is N#Cc1ccc(S(=O)(=O)N(Cc2ccc(F)cc2)c2ccc(Oc3ccccc3)cc2)cc1. The molecular formula is C26H19FN2O3S. The van der Waals surface area contributed by atoms with Crippen molar-refractivity contribution < 1.29 is 17.5 Å². The molecule has 0 saturated heterocycles. The van der Waals surface area contributed by atoms with E-state index in [-0.39, 0.29) is 11.4 Å². The molecule has 0 bridgehead atoms. The summed E-state index contributed by atoms with van der Waals surface area (Å²) in [5, 5.41) is 9.02.